The van der Waals surface area contributed by atoms with E-state index in [4.69, 9.17) is 9.72 Å². The average Bonchev–Trinajstić information content (AvgIpc) is 3.23. The Hall–Kier alpha value is -0.450. The first kappa shape index (κ1) is 15.4. The van der Waals surface area contributed by atoms with E-state index in [9.17, 15) is 0 Å². The highest BCUT2D eigenvalue weighted by molar-refractivity contribution is 7.11. The highest BCUT2D eigenvalue weighted by Gasteiger charge is 2.41. The van der Waals surface area contributed by atoms with Crippen molar-refractivity contribution in [3.63, 3.8) is 0 Å². The zero-order valence-electron chi connectivity index (χ0n) is 13.6. The number of rotatable bonds is 6. The molecule has 4 heteroatoms. The minimum absolute atomic E-state index is 0.0957. The van der Waals surface area contributed by atoms with Crippen LogP contribution in [0.2, 0.25) is 0 Å². The summed E-state index contributed by atoms with van der Waals surface area (Å²) in [6.07, 6.45) is 7.44. The second-order valence-electron chi connectivity index (χ2n) is 6.74. The van der Waals surface area contributed by atoms with Crippen molar-refractivity contribution in [1.29, 1.82) is 0 Å². The maximum Gasteiger partial charge on any atom is 0.125 e. The Morgan fingerprint density at radius 1 is 1.29 bits per heavy atom. The number of nitrogens with zero attached hydrogens (tertiary/aromatic N) is 1. The first-order valence-electron chi connectivity index (χ1n) is 8.47. The highest BCUT2D eigenvalue weighted by atomic mass is 32.1. The van der Waals surface area contributed by atoms with Gasteiger partial charge in [-0.05, 0) is 58.4 Å². The summed E-state index contributed by atoms with van der Waals surface area (Å²) in [5.41, 5.74) is 1.27. The third-order valence-corrected chi connectivity index (χ3v) is 6.18. The van der Waals surface area contributed by atoms with Gasteiger partial charge in [-0.3, -0.25) is 0 Å². The van der Waals surface area contributed by atoms with Crippen LogP contribution in [0.25, 0.3) is 0 Å². The Balaban J connectivity index is 1.90. The maximum absolute atomic E-state index is 6.28. The van der Waals surface area contributed by atoms with Crippen LogP contribution in [-0.4, -0.2) is 18.6 Å². The molecule has 1 aromatic heterocycles. The van der Waals surface area contributed by atoms with Gasteiger partial charge in [0.05, 0.1) is 5.69 Å². The van der Waals surface area contributed by atoms with Gasteiger partial charge in [0, 0.05) is 23.9 Å². The van der Waals surface area contributed by atoms with Crippen molar-refractivity contribution in [2.24, 2.45) is 5.92 Å². The lowest BCUT2D eigenvalue weighted by atomic mass is 9.79. The molecule has 118 valence electrons. The lowest BCUT2D eigenvalue weighted by Gasteiger charge is -2.37. The molecular formula is C17H28N2OS. The van der Waals surface area contributed by atoms with Crippen molar-refractivity contribution in [3.8, 4) is 0 Å². The summed E-state index contributed by atoms with van der Waals surface area (Å²) in [4.78, 5) is 6.52. The molecule has 0 bridgehead atoms. The number of ether oxygens (including phenoxy) is 1. The summed E-state index contributed by atoms with van der Waals surface area (Å²) in [5, 5.41) is 4.56. The molecule has 0 atom stereocenters. The lowest BCUT2D eigenvalue weighted by molar-refractivity contribution is -0.0777. The van der Waals surface area contributed by atoms with Crippen LogP contribution in [-0.2, 0) is 16.9 Å². The minimum atomic E-state index is -0.0957. The Morgan fingerprint density at radius 3 is 2.57 bits per heavy atom. The standard InChI is InChI=1S/C17H28N2OS/c1-4-20-17(9-7-12(2)8-10-17)16-19-15(13-5-6-13)14(21-16)11-18-3/h12-13,18H,4-11H2,1-3H3. The zero-order valence-corrected chi connectivity index (χ0v) is 14.4. The molecule has 0 aromatic carbocycles. The van der Waals surface area contributed by atoms with Gasteiger partial charge in [-0.15, -0.1) is 11.3 Å². The fourth-order valence-corrected chi connectivity index (χ4v) is 4.81. The molecular weight excluding hydrogens is 280 g/mol. The summed E-state index contributed by atoms with van der Waals surface area (Å²) in [6.45, 7) is 6.21. The molecule has 21 heavy (non-hydrogen) atoms. The molecule has 0 unspecified atom stereocenters. The number of thiazole rings is 1. The lowest BCUT2D eigenvalue weighted by Crippen LogP contribution is -2.34. The SMILES string of the molecule is CCOC1(c2nc(C3CC3)c(CNC)s2)CCC(C)CC1. The number of nitrogens with one attached hydrogen (secondary N) is 1. The van der Waals surface area contributed by atoms with Gasteiger partial charge in [0.1, 0.15) is 10.6 Å². The minimum Gasteiger partial charge on any atom is -0.368 e. The van der Waals surface area contributed by atoms with E-state index in [1.807, 2.05) is 18.4 Å². The fourth-order valence-electron chi connectivity index (χ4n) is 3.45. The van der Waals surface area contributed by atoms with Crippen LogP contribution >= 0.6 is 11.3 Å². The molecule has 3 nitrogen and oxygen atoms in total. The first-order valence-corrected chi connectivity index (χ1v) is 9.29. The normalized spacial score (nSPS) is 29.8. The Morgan fingerprint density at radius 2 is 2.00 bits per heavy atom. The van der Waals surface area contributed by atoms with E-state index in [1.165, 1.54) is 41.3 Å². The highest BCUT2D eigenvalue weighted by Crippen LogP contribution is 2.48. The molecule has 3 rings (SSSR count). The van der Waals surface area contributed by atoms with Crippen molar-refractivity contribution >= 4 is 11.3 Å². The first-order chi connectivity index (χ1) is 10.2. The van der Waals surface area contributed by atoms with Crippen LogP contribution in [0.1, 0.15) is 73.9 Å². The third kappa shape index (κ3) is 3.17. The third-order valence-electron chi connectivity index (χ3n) is 4.92. The second-order valence-corrected chi connectivity index (χ2v) is 7.83. The Labute approximate surface area is 132 Å². The zero-order chi connectivity index (χ0) is 14.9. The van der Waals surface area contributed by atoms with Crippen molar-refractivity contribution in [1.82, 2.24) is 10.3 Å². The van der Waals surface area contributed by atoms with Gasteiger partial charge in [0.2, 0.25) is 0 Å². The van der Waals surface area contributed by atoms with Gasteiger partial charge in [-0.1, -0.05) is 6.92 Å². The van der Waals surface area contributed by atoms with Crippen LogP contribution < -0.4 is 5.32 Å². The van der Waals surface area contributed by atoms with Crippen molar-refractivity contribution in [3.05, 3.63) is 15.6 Å². The van der Waals surface area contributed by atoms with Crippen LogP contribution in [0.4, 0.5) is 0 Å². The summed E-state index contributed by atoms with van der Waals surface area (Å²) in [6, 6.07) is 0. The molecule has 2 saturated carbocycles. The molecule has 0 radical (unpaired) electrons. The van der Waals surface area contributed by atoms with Gasteiger partial charge in [-0.2, -0.15) is 0 Å². The molecule has 0 saturated heterocycles. The van der Waals surface area contributed by atoms with E-state index < -0.39 is 0 Å². The van der Waals surface area contributed by atoms with Crippen molar-refractivity contribution in [2.45, 2.75) is 70.4 Å². The molecule has 2 fully saturated rings. The van der Waals surface area contributed by atoms with Crippen LogP contribution in [0.15, 0.2) is 0 Å². The Bertz CT molecular complexity index is 473. The van der Waals surface area contributed by atoms with Crippen molar-refractivity contribution < 1.29 is 4.74 Å². The molecule has 0 amide bonds. The summed E-state index contributed by atoms with van der Waals surface area (Å²) < 4.78 is 6.28. The number of hydrogen-bond acceptors (Lipinski definition) is 4. The predicted molar refractivity (Wildman–Crippen MR) is 87.8 cm³/mol. The van der Waals surface area contributed by atoms with E-state index in [1.54, 1.807) is 0 Å². The predicted octanol–water partition coefficient (Wildman–Crippen LogP) is 4.18. The average molecular weight is 308 g/mol. The van der Waals surface area contributed by atoms with Gasteiger partial charge in [0.15, 0.2) is 0 Å². The van der Waals surface area contributed by atoms with E-state index in [0.29, 0.717) is 0 Å². The number of aromatic nitrogens is 1. The molecule has 1 N–H and O–H groups in total. The smallest absolute Gasteiger partial charge is 0.125 e. The largest absolute Gasteiger partial charge is 0.368 e. The van der Waals surface area contributed by atoms with Gasteiger partial charge in [-0.25, -0.2) is 4.98 Å². The van der Waals surface area contributed by atoms with E-state index in [-0.39, 0.29) is 5.60 Å². The van der Waals surface area contributed by atoms with E-state index in [2.05, 4.69) is 19.2 Å². The summed E-state index contributed by atoms with van der Waals surface area (Å²) >= 11 is 1.90. The van der Waals surface area contributed by atoms with E-state index >= 15 is 0 Å². The number of hydrogen-bond donors (Lipinski definition) is 1. The quantitative estimate of drug-likeness (QED) is 0.856. The maximum atomic E-state index is 6.28. The molecule has 1 heterocycles. The van der Waals surface area contributed by atoms with Crippen LogP contribution in [0, 0.1) is 5.92 Å². The summed E-state index contributed by atoms with van der Waals surface area (Å²) in [5.74, 6) is 1.55. The van der Waals surface area contributed by atoms with Crippen LogP contribution in [0.3, 0.4) is 0 Å². The fraction of sp³-hybridized carbons (Fsp3) is 0.824. The molecule has 2 aliphatic rings. The van der Waals surface area contributed by atoms with E-state index in [0.717, 1.165) is 37.8 Å². The molecule has 2 aliphatic carbocycles. The molecule has 0 aliphatic heterocycles. The monoisotopic (exact) mass is 308 g/mol. The van der Waals surface area contributed by atoms with Crippen LogP contribution in [0.5, 0.6) is 0 Å². The Kier molecular flexibility index (Phi) is 4.67. The van der Waals surface area contributed by atoms with Gasteiger partial charge >= 0.3 is 0 Å². The molecule has 0 spiro atoms. The topological polar surface area (TPSA) is 34.1 Å². The van der Waals surface area contributed by atoms with Crippen molar-refractivity contribution in [2.75, 3.05) is 13.7 Å². The summed E-state index contributed by atoms with van der Waals surface area (Å²) in [7, 11) is 2.02. The van der Waals surface area contributed by atoms with Gasteiger partial charge < -0.3 is 10.1 Å². The molecule has 1 aromatic rings. The van der Waals surface area contributed by atoms with Gasteiger partial charge in [0.25, 0.3) is 0 Å². The second kappa shape index (κ2) is 6.35.